The number of carbonyl (C=O) groups excluding carboxylic acids is 2. The number of methoxy groups -OCH3 is 1. The quantitative estimate of drug-likeness (QED) is 0.561. The molecular weight excluding hydrogens is 452 g/mol. The molecule has 0 saturated heterocycles. The number of hydrogen-bond donors (Lipinski definition) is 2. The fourth-order valence-electron chi connectivity index (χ4n) is 4.99. The smallest absolute Gasteiger partial charge is 0.346 e. The van der Waals surface area contributed by atoms with Gasteiger partial charge in [-0.05, 0) is 40.8 Å². The lowest BCUT2D eigenvalue weighted by molar-refractivity contribution is -0.126. The summed E-state index contributed by atoms with van der Waals surface area (Å²) in [5.41, 5.74) is 2.72. The fourth-order valence-corrected chi connectivity index (χ4v) is 6.30. The molecule has 2 N–H and O–H groups in total. The normalized spacial score (nSPS) is 18.8. The van der Waals surface area contributed by atoms with Crippen LogP contribution in [0, 0.1) is 0 Å². The third kappa shape index (κ3) is 2.98. The molecule has 0 fully saturated rings. The average molecular weight is 477 g/mol. The molecule has 0 radical (unpaired) electrons. The van der Waals surface area contributed by atoms with Gasteiger partial charge < -0.3 is 20.1 Å². The Hall–Kier alpha value is -3.65. The van der Waals surface area contributed by atoms with Gasteiger partial charge in [-0.3, -0.25) is 9.59 Å². The highest BCUT2D eigenvalue weighted by molar-refractivity contribution is 7.15. The minimum Gasteiger partial charge on any atom is -0.497 e. The molecule has 34 heavy (non-hydrogen) atoms. The maximum Gasteiger partial charge on any atom is 0.346 e. The molecule has 0 bridgehead atoms. The van der Waals surface area contributed by atoms with Crippen LogP contribution in [-0.2, 0) is 15.0 Å². The molecule has 8 heteroatoms. The number of nitrogens with zero attached hydrogens (tertiary/aromatic N) is 1. The number of hydrogen-bond acceptors (Lipinski definition) is 5. The number of carboxylic acid groups (broad SMARTS) is 1. The Morgan fingerprint density at radius 1 is 1.18 bits per heavy atom. The van der Waals surface area contributed by atoms with Crippen LogP contribution in [0.25, 0.3) is 11.1 Å². The molecule has 3 heterocycles. The van der Waals surface area contributed by atoms with E-state index in [4.69, 9.17) is 4.74 Å². The zero-order valence-corrected chi connectivity index (χ0v) is 20.1. The highest BCUT2D eigenvalue weighted by atomic mass is 32.1. The van der Waals surface area contributed by atoms with Crippen LogP contribution in [0.2, 0.25) is 0 Å². The van der Waals surface area contributed by atoms with Gasteiger partial charge in [-0.2, -0.15) is 0 Å². The van der Waals surface area contributed by atoms with E-state index in [1.165, 1.54) is 0 Å². The second-order valence-corrected chi connectivity index (χ2v) is 9.99. The lowest BCUT2D eigenvalue weighted by Gasteiger charge is -2.32. The van der Waals surface area contributed by atoms with Crippen LogP contribution >= 0.6 is 11.3 Å². The molecule has 5 rings (SSSR count). The number of aromatic carboxylic acids is 1. The zero-order chi connectivity index (χ0) is 24.4. The van der Waals surface area contributed by atoms with Crippen molar-refractivity contribution in [1.29, 1.82) is 0 Å². The summed E-state index contributed by atoms with van der Waals surface area (Å²) in [6, 6.07) is 12.9. The van der Waals surface area contributed by atoms with Gasteiger partial charge in [-0.25, -0.2) is 4.79 Å². The number of ether oxygens (including phenoxy) is 1. The van der Waals surface area contributed by atoms with E-state index in [1.54, 1.807) is 43.3 Å². The third-order valence-corrected chi connectivity index (χ3v) is 8.08. The van der Waals surface area contributed by atoms with Crippen LogP contribution in [0.5, 0.6) is 5.75 Å². The van der Waals surface area contributed by atoms with Crippen LogP contribution in [0.15, 0.2) is 42.5 Å². The Balaban J connectivity index is 1.82. The van der Waals surface area contributed by atoms with Gasteiger partial charge in [-0.1, -0.05) is 38.1 Å². The average Bonchev–Trinajstić information content (AvgIpc) is 3.30. The molecule has 2 aliphatic rings. The summed E-state index contributed by atoms with van der Waals surface area (Å²) in [5, 5.41) is 13.0. The molecule has 2 aliphatic heterocycles. The van der Waals surface area contributed by atoms with Crippen molar-refractivity contribution in [3.8, 4) is 16.9 Å². The molecule has 0 aliphatic carbocycles. The molecule has 1 spiro atoms. The van der Waals surface area contributed by atoms with Gasteiger partial charge in [0, 0.05) is 18.3 Å². The van der Waals surface area contributed by atoms with Crippen LogP contribution in [0.3, 0.4) is 0 Å². The number of benzene rings is 2. The van der Waals surface area contributed by atoms with E-state index in [0.717, 1.165) is 28.2 Å². The van der Waals surface area contributed by atoms with Crippen LogP contribution < -0.4 is 15.0 Å². The Kier molecular flexibility index (Phi) is 5.02. The third-order valence-electron chi connectivity index (χ3n) is 6.74. The summed E-state index contributed by atoms with van der Waals surface area (Å²) >= 11 is 1.06. The van der Waals surface area contributed by atoms with E-state index in [9.17, 15) is 19.5 Å². The summed E-state index contributed by atoms with van der Waals surface area (Å²) in [5.74, 6) is -0.786. The van der Waals surface area contributed by atoms with Gasteiger partial charge in [0.25, 0.3) is 0 Å². The highest BCUT2D eigenvalue weighted by Gasteiger charge is 2.57. The van der Waals surface area contributed by atoms with E-state index in [2.05, 4.69) is 19.2 Å². The first-order valence-electron chi connectivity index (χ1n) is 11.0. The van der Waals surface area contributed by atoms with Gasteiger partial charge in [-0.15, -0.1) is 11.3 Å². The molecule has 2 aromatic carbocycles. The van der Waals surface area contributed by atoms with Crippen molar-refractivity contribution in [3.05, 3.63) is 63.3 Å². The van der Waals surface area contributed by atoms with Crippen molar-refractivity contribution in [3.63, 3.8) is 0 Å². The summed E-state index contributed by atoms with van der Waals surface area (Å²) in [7, 11) is 3.26. The first-order valence-corrected chi connectivity index (χ1v) is 11.8. The predicted octanol–water partition coefficient (Wildman–Crippen LogP) is 4.85. The van der Waals surface area contributed by atoms with Crippen molar-refractivity contribution < 1.29 is 24.2 Å². The van der Waals surface area contributed by atoms with Gasteiger partial charge >= 0.3 is 5.97 Å². The SMILES string of the molecule is COc1ccc(-c2c(C(=O)O)sc3c2NC(=O)C[C@]32C(=O)N(C)c3ccc(C(C)C)cc32)cc1. The summed E-state index contributed by atoms with van der Waals surface area (Å²) in [6.07, 6.45) is -0.0701. The standard InChI is InChI=1S/C26H24N2O5S/c1-13(2)15-7-10-18-17(11-15)26(25(32)28(18)3)12-19(29)27-21-20(22(24(30)31)34-23(21)26)14-5-8-16(33-4)9-6-14/h5-11,13H,12H2,1-4H3,(H,27,29)(H,30,31)/t26-/m1/s1. The molecule has 1 aromatic heterocycles. The number of rotatable bonds is 4. The molecule has 0 unspecified atom stereocenters. The number of fused-ring (bicyclic) bond motifs is 4. The largest absolute Gasteiger partial charge is 0.497 e. The van der Waals surface area contributed by atoms with E-state index in [1.807, 2.05) is 18.2 Å². The second-order valence-electron chi connectivity index (χ2n) is 8.97. The number of likely N-dealkylation sites (N-methyl/N-ethyl adjacent to an activating group) is 1. The molecule has 1 atom stereocenters. The first kappa shape index (κ1) is 22.2. The van der Waals surface area contributed by atoms with Gasteiger partial charge in [0.15, 0.2) is 0 Å². The lowest BCUT2D eigenvalue weighted by atomic mass is 9.73. The summed E-state index contributed by atoms with van der Waals surface area (Å²) in [6.45, 7) is 4.15. The Bertz CT molecular complexity index is 1360. The Labute approximate surface area is 201 Å². The van der Waals surface area contributed by atoms with Crippen molar-refractivity contribution in [1.82, 2.24) is 0 Å². The number of carboxylic acids is 1. The summed E-state index contributed by atoms with van der Waals surface area (Å²) in [4.78, 5) is 41.5. The minimum absolute atomic E-state index is 0.0701. The van der Waals surface area contributed by atoms with Crippen LogP contribution in [0.4, 0.5) is 11.4 Å². The van der Waals surface area contributed by atoms with Crippen molar-refractivity contribution in [2.75, 3.05) is 24.4 Å². The first-order chi connectivity index (χ1) is 16.2. The zero-order valence-electron chi connectivity index (χ0n) is 19.3. The van der Waals surface area contributed by atoms with Crippen molar-refractivity contribution in [2.24, 2.45) is 0 Å². The number of thiophene rings is 1. The van der Waals surface area contributed by atoms with Crippen molar-refractivity contribution in [2.45, 2.75) is 31.6 Å². The van der Waals surface area contributed by atoms with E-state index < -0.39 is 11.4 Å². The number of carbonyl (C=O) groups is 3. The maximum atomic E-state index is 13.8. The van der Waals surface area contributed by atoms with Gasteiger partial charge in [0.1, 0.15) is 16.0 Å². The van der Waals surface area contributed by atoms with E-state index in [-0.39, 0.29) is 29.0 Å². The second kappa shape index (κ2) is 7.70. The van der Waals surface area contributed by atoms with E-state index >= 15 is 0 Å². The number of nitrogens with one attached hydrogen (secondary N) is 1. The van der Waals surface area contributed by atoms with Crippen molar-refractivity contribution >= 4 is 40.5 Å². The lowest BCUT2D eigenvalue weighted by Crippen LogP contribution is -2.45. The molecule has 174 valence electrons. The summed E-state index contributed by atoms with van der Waals surface area (Å²) < 4.78 is 5.23. The fraction of sp³-hybridized carbons (Fsp3) is 0.269. The molecular formula is C26H24N2O5S. The number of anilines is 2. The molecule has 2 amide bonds. The maximum absolute atomic E-state index is 13.8. The highest BCUT2D eigenvalue weighted by Crippen LogP contribution is 2.57. The monoisotopic (exact) mass is 476 g/mol. The van der Waals surface area contributed by atoms with Crippen LogP contribution in [-0.4, -0.2) is 37.0 Å². The molecule has 0 saturated carbocycles. The Morgan fingerprint density at radius 3 is 2.50 bits per heavy atom. The van der Waals surface area contributed by atoms with Gasteiger partial charge in [0.05, 0.1) is 24.1 Å². The molecule has 7 nitrogen and oxygen atoms in total. The van der Waals surface area contributed by atoms with Gasteiger partial charge in [0.2, 0.25) is 11.8 Å². The number of amides is 2. The van der Waals surface area contributed by atoms with Crippen LogP contribution in [0.1, 0.15) is 51.9 Å². The topological polar surface area (TPSA) is 95.9 Å². The minimum atomic E-state index is -1.26. The Morgan fingerprint density at radius 2 is 1.88 bits per heavy atom. The molecule has 3 aromatic rings. The predicted molar refractivity (Wildman–Crippen MR) is 131 cm³/mol. The van der Waals surface area contributed by atoms with E-state index in [0.29, 0.717) is 27.4 Å².